The van der Waals surface area contributed by atoms with Crippen LogP contribution in [0.1, 0.15) is 124 Å². The zero-order chi connectivity index (χ0) is 32.9. The molecule has 47 heavy (non-hydrogen) atoms. The van der Waals surface area contributed by atoms with Gasteiger partial charge in [-0.2, -0.15) is 0 Å². The molecule has 254 valence electrons. The lowest BCUT2D eigenvalue weighted by molar-refractivity contribution is -0.0820. The van der Waals surface area contributed by atoms with E-state index < -0.39 is 0 Å². The largest absolute Gasteiger partial charge is 0.299 e. The molecule has 1 aromatic rings. The highest BCUT2D eigenvalue weighted by molar-refractivity contribution is 5.80. The summed E-state index contributed by atoms with van der Waals surface area (Å²) in [7, 11) is 0. The summed E-state index contributed by atoms with van der Waals surface area (Å²) >= 11 is 0. The Morgan fingerprint density at radius 2 is 1.68 bits per heavy atom. The smallest absolute Gasteiger partial charge is 0.159 e. The summed E-state index contributed by atoms with van der Waals surface area (Å²) in [5.41, 5.74) is 9.59. The lowest BCUT2D eigenvalue weighted by Crippen LogP contribution is -2.53. The molecule has 5 fully saturated rings. The highest BCUT2D eigenvalue weighted by Crippen LogP contribution is 2.83. The molecule has 7 aliphatic rings. The summed E-state index contributed by atoms with van der Waals surface area (Å²) in [5.74, 6) is 7.09. The van der Waals surface area contributed by atoms with Crippen LogP contribution in [-0.2, 0) is 6.42 Å². The molecule has 6 aliphatic carbocycles. The minimum absolute atomic E-state index is 0.141. The topological polar surface area (TPSA) is 29.0 Å². The summed E-state index contributed by atoms with van der Waals surface area (Å²) in [6.07, 6.45) is 23.0. The lowest BCUT2D eigenvalue weighted by Gasteiger charge is -2.60. The summed E-state index contributed by atoms with van der Waals surface area (Å²) in [6, 6.07) is 0. The number of allylic oxidation sites excluding steroid dienone is 4. The van der Waals surface area contributed by atoms with E-state index in [0.717, 1.165) is 54.3 Å². The van der Waals surface area contributed by atoms with Gasteiger partial charge in [0.2, 0.25) is 0 Å². The van der Waals surface area contributed by atoms with Crippen molar-refractivity contribution in [2.24, 2.45) is 63.6 Å². The molecule has 10 atom stereocenters. The lowest BCUT2D eigenvalue weighted by atomic mass is 9.44. The molecule has 1 saturated heterocycles. The Bertz CT molecular complexity index is 1490. The molecular weight excluding hydrogens is 571 g/mol. The van der Waals surface area contributed by atoms with Crippen LogP contribution in [0.3, 0.4) is 0 Å². The molecule has 0 aromatic carbocycles. The van der Waals surface area contributed by atoms with Crippen molar-refractivity contribution in [2.75, 3.05) is 19.6 Å². The summed E-state index contributed by atoms with van der Waals surface area (Å²) < 4.78 is 0. The fourth-order valence-electron chi connectivity index (χ4n) is 13.5. The molecule has 4 saturated carbocycles. The third kappa shape index (κ3) is 4.89. The third-order valence-corrected chi connectivity index (χ3v) is 16.2. The number of hydrogen-bond donors (Lipinski definition) is 0. The van der Waals surface area contributed by atoms with Gasteiger partial charge in [-0.3, -0.25) is 4.90 Å². The monoisotopic (exact) mass is 634 g/mol. The number of likely N-dealkylation sites (tertiary alicyclic amines) is 1. The molecule has 8 rings (SSSR count). The van der Waals surface area contributed by atoms with Crippen LogP contribution in [0.4, 0.5) is 0 Å². The fraction of sp³-hybridized carbons (Fsp3) is 0.727. The SMILES string of the molecule is C=C1CC(CC2CCC3C4CC5C6C=C(c7ncc(CC(C)C)cn7)C(=C)C(C)(C4CCC23C)C65C)CC(C)=C1CN1CCCCC1. The predicted octanol–water partition coefficient (Wildman–Crippen LogP) is 10.5. The third-order valence-electron chi connectivity index (χ3n) is 16.2. The zero-order valence-electron chi connectivity index (χ0n) is 30.7. The van der Waals surface area contributed by atoms with Crippen LogP contribution >= 0.6 is 0 Å². The first-order valence-electron chi connectivity index (χ1n) is 19.8. The first-order chi connectivity index (χ1) is 22.4. The van der Waals surface area contributed by atoms with Gasteiger partial charge in [-0.15, -0.1) is 0 Å². The van der Waals surface area contributed by atoms with Gasteiger partial charge in [-0.25, -0.2) is 9.97 Å². The van der Waals surface area contributed by atoms with Crippen molar-refractivity contribution in [1.29, 1.82) is 0 Å². The van der Waals surface area contributed by atoms with Crippen LogP contribution in [0.15, 0.2) is 53.9 Å². The maximum Gasteiger partial charge on any atom is 0.159 e. The van der Waals surface area contributed by atoms with Crippen LogP contribution in [0.2, 0.25) is 0 Å². The average Bonchev–Trinajstić information content (AvgIpc) is 3.48. The van der Waals surface area contributed by atoms with E-state index in [1.54, 1.807) is 11.1 Å². The molecule has 10 unspecified atom stereocenters. The van der Waals surface area contributed by atoms with Gasteiger partial charge in [-0.1, -0.05) is 71.4 Å². The van der Waals surface area contributed by atoms with Gasteiger partial charge in [0.25, 0.3) is 0 Å². The van der Waals surface area contributed by atoms with Crippen molar-refractivity contribution in [2.45, 2.75) is 119 Å². The van der Waals surface area contributed by atoms with E-state index in [9.17, 15) is 0 Å². The number of nitrogens with zero attached hydrogens (tertiary/aromatic N) is 3. The second-order valence-electron chi connectivity index (χ2n) is 18.8. The first kappa shape index (κ1) is 32.2. The normalized spacial score (nSPS) is 43.0. The molecule has 0 bridgehead atoms. The zero-order valence-corrected chi connectivity index (χ0v) is 30.7. The van der Waals surface area contributed by atoms with Crippen molar-refractivity contribution in [3.05, 3.63) is 65.3 Å². The summed E-state index contributed by atoms with van der Waals surface area (Å²) in [4.78, 5) is 12.6. The van der Waals surface area contributed by atoms with Crippen LogP contribution in [-0.4, -0.2) is 34.5 Å². The molecular formula is C44H63N3. The van der Waals surface area contributed by atoms with Crippen molar-refractivity contribution in [1.82, 2.24) is 14.9 Å². The van der Waals surface area contributed by atoms with Crippen LogP contribution in [0.25, 0.3) is 5.57 Å². The van der Waals surface area contributed by atoms with Gasteiger partial charge in [0, 0.05) is 29.9 Å². The molecule has 0 amide bonds. The molecule has 0 N–H and O–H groups in total. The summed E-state index contributed by atoms with van der Waals surface area (Å²) in [5, 5.41) is 0. The fourth-order valence-corrected chi connectivity index (χ4v) is 13.5. The average molecular weight is 634 g/mol. The molecule has 3 nitrogen and oxygen atoms in total. The molecule has 0 radical (unpaired) electrons. The highest BCUT2D eigenvalue weighted by atomic mass is 15.1. The Hall–Kier alpha value is -2.00. The number of fused-ring (bicyclic) bond motifs is 5. The number of aromatic nitrogens is 2. The standard InChI is InChI=1S/C44H63N3/c1-27(2)18-32-24-45-41(46-25-32)34-22-39-40-23-35-37-13-12-33(42(37,6)15-14-38(35)43(7,30(34)5)44(39,40)8)21-31-19-28(3)36(29(4)20-31)26-47-16-10-9-11-17-47/h22,24-25,27,31,33,35,37-40H,3,5,9-21,23,26H2,1-2,4,6-8H3. The number of piperidine rings is 1. The van der Waals surface area contributed by atoms with Crippen molar-refractivity contribution < 1.29 is 0 Å². The Morgan fingerprint density at radius 3 is 2.38 bits per heavy atom. The van der Waals surface area contributed by atoms with Crippen molar-refractivity contribution in [3.63, 3.8) is 0 Å². The highest BCUT2D eigenvalue weighted by Gasteiger charge is 2.77. The van der Waals surface area contributed by atoms with Gasteiger partial charge >= 0.3 is 0 Å². The second-order valence-corrected chi connectivity index (χ2v) is 18.8. The Kier molecular flexibility index (Phi) is 7.90. The van der Waals surface area contributed by atoms with Gasteiger partial charge in [-0.05, 0) is 166 Å². The van der Waals surface area contributed by atoms with Gasteiger partial charge in [0.05, 0.1) is 0 Å². The van der Waals surface area contributed by atoms with E-state index in [2.05, 4.69) is 64.9 Å². The minimum atomic E-state index is 0.141. The summed E-state index contributed by atoms with van der Waals surface area (Å²) in [6.45, 7) is 28.3. The van der Waals surface area contributed by atoms with Crippen LogP contribution in [0.5, 0.6) is 0 Å². The van der Waals surface area contributed by atoms with Crippen molar-refractivity contribution >= 4 is 5.57 Å². The Morgan fingerprint density at radius 1 is 0.936 bits per heavy atom. The van der Waals surface area contributed by atoms with Crippen LogP contribution < -0.4 is 0 Å². The quantitative estimate of drug-likeness (QED) is 0.299. The Balaban J connectivity index is 0.988. The molecule has 1 aliphatic heterocycles. The van der Waals surface area contributed by atoms with Gasteiger partial charge in [0.15, 0.2) is 5.82 Å². The van der Waals surface area contributed by atoms with E-state index in [1.807, 2.05) is 0 Å². The van der Waals surface area contributed by atoms with Crippen molar-refractivity contribution in [3.8, 4) is 0 Å². The van der Waals surface area contributed by atoms with E-state index in [4.69, 9.17) is 23.1 Å². The Labute approximate surface area is 286 Å². The van der Waals surface area contributed by atoms with E-state index in [-0.39, 0.29) is 5.41 Å². The number of rotatable bonds is 7. The van der Waals surface area contributed by atoms with E-state index >= 15 is 0 Å². The molecule has 3 heteroatoms. The van der Waals surface area contributed by atoms with Gasteiger partial charge in [0.1, 0.15) is 0 Å². The maximum atomic E-state index is 4.95. The predicted molar refractivity (Wildman–Crippen MR) is 196 cm³/mol. The number of hydrogen-bond acceptors (Lipinski definition) is 3. The molecule has 2 heterocycles. The maximum absolute atomic E-state index is 4.95. The second kappa shape index (κ2) is 11.5. The molecule has 1 aromatic heterocycles. The minimum Gasteiger partial charge on any atom is -0.299 e. The molecule has 0 spiro atoms. The van der Waals surface area contributed by atoms with Crippen LogP contribution in [0, 0.1) is 63.6 Å². The van der Waals surface area contributed by atoms with E-state index in [1.165, 1.54) is 106 Å². The van der Waals surface area contributed by atoms with Gasteiger partial charge < -0.3 is 0 Å². The van der Waals surface area contributed by atoms with E-state index in [0.29, 0.717) is 22.7 Å². The first-order valence-corrected chi connectivity index (χ1v) is 19.8.